The Kier molecular flexibility index (Phi) is 5.15. The van der Waals surface area contributed by atoms with Crippen molar-refractivity contribution in [2.45, 2.75) is 20.4 Å². The van der Waals surface area contributed by atoms with Gasteiger partial charge in [0.05, 0.1) is 6.20 Å². The summed E-state index contributed by atoms with van der Waals surface area (Å²) < 4.78 is 1.75. The van der Waals surface area contributed by atoms with E-state index in [1.165, 1.54) is 0 Å². The van der Waals surface area contributed by atoms with Crippen LogP contribution in [0.3, 0.4) is 0 Å². The predicted octanol–water partition coefficient (Wildman–Crippen LogP) is 0.624. The van der Waals surface area contributed by atoms with Crippen LogP contribution in [0.2, 0.25) is 0 Å². The highest BCUT2D eigenvalue weighted by Gasteiger charge is 2.17. The maximum Gasteiger partial charge on any atom is 0.226 e. The lowest BCUT2D eigenvalue weighted by Crippen LogP contribution is -2.36. The second-order valence-electron chi connectivity index (χ2n) is 4.43. The van der Waals surface area contributed by atoms with Crippen LogP contribution in [0.15, 0.2) is 12.4 Å². The third-order valence-electron chi connectivity index (χ3n) is 2.68. The molecule has 1 atom stereocenters. The molecule has 0 aliphatic carbocycles. The molecule has 1 amide bonds. The van der Waals surface area contributed by atoms with Crippen LogP contribution in [0.1, 0.15) is 19.4 Å². The summed E-state index contributed by atoms with van der Waals surface area (Å²) in [5, 5.41) is 7.28. The summed E-state index contributed by atoms with van der Waals surface area (Å²) in [5.41, 5.74) is 1.05. The lowest BCUT2D eigenvalue weighted by molar-refractivity contribution is -0.134. The molecule has 0 saturated heterocycles. The summed E-state index contributed by atoms with van der Waals surface area (Å²) in [4.78, 5) is 13.8. The molecule has 0 radical (unpaired) electrons. The molecule has 5 heteroatoms. The Morgan fingerprint density at radius 2 is 2.35 bits per heavy atom. The van der Waals surface area contributed by atoms with Crippen LogP contribution in [0, 0.1) is 5.92 Å². The van der Waals surface area contributed by atoms with Crippen LogP contribution in [0.25, 0.3) is 0 Å². The van der Waals surface area contributed by atoms with Gasteiger partial charge >= 0.3 is 0 Å². The molecule has 0 spiro atoms. The lowest BCUT2D eigenvalue weighted by atomic mass is 10.1. The van der Waals surface area contributed by atoms with Crippen molar-refractivity contribution in [2.75, 3.05) is 20.1 Å². The van der Waals surface area contributed by atoms with E-state index in [1.54, 1.807) is 15.8 Å². The fourth-order valence-electron chi connectivity index (χ4n) is 1.73. The van der Waals surface area contributed by atoms with Crippen LogP contribution >= 0.6 is 0 Å². The average Bonchev–Trinajstić information content (AvgIpc) is 2.70. The molecule has 0 aliphatic rings. The van der Waals surface area contributed by atoms with Gasteiger partial charge in [-0.15, -0.1) is 0 Å². The SMILES string of the molecule is CCNCC(C)C(=O)N(C)Cc1cnn(C)c1. The number of nitrogens with one attached hydrogen (secondary N) is 1. The maximum atomic E-state index is 12.0. The Labute approximate surface area is 103 Å². The van der Waals surface area contributed by atoms with Gasteiger partial charge in [0.1, 0.15) is 0 Å². The van der Waals surface area contributed by atoms with Crippen LogP contribution in [0.5, 0.6) is 0 Å². The first-order valence-electron chi connectivity index (χ1n) is 5.97. The average molecular weight is 238 g/mol. The quantitative estimate of drug-likeness (QED) is 0.790. The molecule has 1 aromatic heterocycles. The smallest absolute Gasteiger partial charge is 0.226 e. The fourth-order valence-corrected chi connectivity index (χ4v) is 1.73. The van der Waals surface area contributed by atoms with Gasteiger partial charge in [-0.05, 0) is 6.54 Å². The molecule has 0 saturated carbocycles. The van der Waals surface area contributed by atoms with E-state index in [0.29, 0.717) is 6.54 Å². The largest absolute Gasteiger partial charge is 0.341 e. The minimum absolute atomic E-state index is 0.0108. The number of nitrogens with zero attached hydrogens (tertiary/aromatic N) is 3. The molecule has 0 bridgehead atoms. The Hall–Kier alpha value is -1.36. The fraction of sp³-hybridized carbons (Fsp3) is 0.667. The molecule has 1 aromatic rings. The standard InChI is InChI=1S/C12H22N4O/c1-5-13-6-10(2)12(17)15(3)8-11-7-14-16(4)9-11/h7,9-10,13H,5-6,8H2,1-4H3. The Morgan fingerprint density at radius 1 is 1.65 bits per heavy atom. The lowest BCUT2D eigenvalue weighted by Gasteiger charge is -2.20. The maximum absolute atomic E-state index is 12.0. The normalized spacial score (nSPS) is 12.5. The number of amides is 1. The van der Waals surface area contributed by atoms with Gasteiger partial charge in [0.15, 0.2) is 0 Å². The van der Waals surface area contributed by atoms with E-state index in [0.717, 1.165) is 18.7 Å². The van der Waals surface area contributed by atoms with E-state index in [9.17, 15) is 4.79 Å². The molecule has 0 aliphatic heterocycles. The van der Waals surface area contributed by atoms with Crippen LogP contribution < -0.4 is 5.32 Å². The molecular weight excluding hydrogens is 216 g/mol. The molecule has 17 heavy (non-hydrogen) atoms. The van der Waals surface area contributed by atoms with E-state index in [2.05, 4.69) is 10.4 Å². The summed E-state index contributed by atoms with van der Waals surface area (Å²) in [6.07, 6.45) is 3.72. The summed E-state index contributed by atoms with van der Waals surface area (Å²) in [6.45, 7) is 6.22. The number of carbonyl (C=O) groups is 1. The van der Waals surface area contributed by atoms with Gasteiger partial charge in [-0.3, -0.25) is 9.48 Å². The van der Waals surface area contributed by atoms with E-state index >= 15 is 0 Å². The highest BCUT2D eigenvalue weighted by Crippen LogP contribution is 2.05. The van der Waals surface area contributed by atoms with Crippen molar-refractivity contribution in [3.05, 3.63) is 18.0 Å². The van der Waals surface area contributed by atoms with Crippen LogP contribution in [0.4, 0.5) is 0 Å². The Balaban J connectivity index is 2.46. The van der Waals surface area contributed by atoms with Gasteiger partial charge in [0.2, 0.25) is 5.91 Å². The van der Waals surface area contributed by atoms with E-state index in [1.807, 2.05) is 34.1 Å². The van der Waals surface area contributed by atoms with Gasteiger partial charge in [-0.2, -0.15) is 5.10 Å². The summed E-state index contributed by atoms with van der Waals surface area (Å²) >= 11 is 0. The molecule has 1 unspecified atom stereocenters. The first-order valence-corrected chi connectivity index (χ1v) is 5.97. The van der Waals surface area contributed by atoms with Crippen molar-refractivity contribution in [3.63, 3.8) is 0 Å². The number of carbonyl (C=O) groups excluding carboxylic acids is 1. The number of hydrogen-bond donors (Lipinski definition) is 1. The summed E-state index contributed by atoms with van der Waals surface area (Å²) in [6, 6.07) is 0. The Morgan fingerprint density at radius 3 is 2.88 bits per heavy atom. The van der Waals surface area contributed by atoms with Gasteiger partial charge in [0, 0.05) is 44.9 Å². The summed E-state index contributed by atoms with van der Waals surface area (Å²) in [5.74, 6) is 0.173. The van der Waals surface area contributed by atoms with Crippen molar-refractivity contribution in [1.29, 1.82) is 0 Å². The van der Waals surface area contributed by atoms with Crippen LogP contribution in [-0.2, 0) is 18.4 Å². The van der Waals surface area contributed by atoms with Gasteiger partial charge in [0.25, 0.3) is 0 Å². The molecule has 96 valence electrons. The monoisotopic (exact) mass is 238 g/mol. The van der Waals surface area contributed by atoms with Gasteiger partial charge < -0.3 is 10.2 Å². The molecule has 5 nitrogen and oxygen atoms in total. The minimum Gasteiger partial charge on any atom is -0.341 e. The molecule has 1 heterocycles. The summed E-state index contributed by atoms with van der Waals surface area (Å²) in [7, 11) is 3.71. The van der Waals surface area contributed by atoms with Crippen molar-refractivity contribution >= 4 is 5.91 Å². The zero-order valence-electron chi connectivity index (χ0n) is 11.1. The predicted molar refractivity (Wildman–Crippen MR) is 67.4 cm³/mol. The number of aromatic nitrogens is 2. The minimum atomic E-state index is 0.0108. The first kappa shape index (κ1) is 13.7. The Bertz CT molecular complexity index is 361. The van der Waals surface area contributed by atoms with Gasteiger partial charge in [-0.1, -0.05) is 13.8 Å². The first-order chi connectivity index (χ1) is 8.04. The highest BCUT2D eigenvalue weighted by atomic mass is 16.2. The zero-order valence-corrected chi connectivity index (χ0v) is 11.1. The number of hydrogen-bond acceptors (Lipinski definition) is 3. The molecule has 0 aromatic carbocycles. The third kappa shape index (κ3) is 4.19. The second kappa shape index (κ2) is 6.39. The zero-order chi connectivity index (χ0) is 12.8. The van der Waals surface area contributed by atoms with Crippen LogP contribution in [-0.4, -0.2) is 40.7 Å². The second-order valence-corrected chi connectivity index (χ2v) is 4.43. The van der Waals surface area contributed by atoms with Crippen molar-refractivity contribution < 1.29 is 4.79 Å². The molecule has 0 fully saturated rings. The van der Waals surface area contributed by atoms with Crippen molar-refractivity contribution in [2.24, 2.45) is 13.0 Å². The van der Waals surface area contributed by atoms with Crippen molar-refractivity contribution in [3.8, 4) is 0 Å². The van der Waals surface area contributed by atoms with E-state index in [4.69, 9.17) is 0 Å². The van der Waals surface area contributed by atoms with E-state index < -0.39 is 0 Å². The topological polar surface area (TPSA) is 50.2 Å². The highest BCUT2D eigenvalue weighted by molar-refractivity contribution is 5.78. The number of rotatable bonds is 6. The van der Waals surface area contributed by atoms with Gasteiger partial charge in [-0.25, -0.2) is 0 Å². The van der Waals surface area contributed by atoms with E-state index in [-0.39, 0.29) is 11.8 Å². The molecular formula is C12H22N4O. The molecule has 1 rings (SSSR count). The third-order valence-corrected chi connectivity index (χ3v) is 2.68. The number of aryl methyl sites for hydroxylation is 1. The van der Waals surface area contributed by atoms with Crippen molar-refractivity contribution in [1.82, 2.24) is 20.0 Å². The molecule has 1 N–H and O–H groups in total.